The zero-order valence-electron chi connectivity index (χ0n) is 10.8. The molecular weight excluding hydrogens is 236 g/mol. The molecule has 2 aliphatic carbocycles. The molecule has 0 unspecified atom stereocenters. The number of carbonyl (C=O) groups excluding carboxylic acids is 1. The van der Waals surface area contributed by atoms with Crippen LogP contribution in [-0.2, 0) is 6.42 Å². The molecule has 0 aromatic heterocycles. The molecule has 0 bridgehead atoms. The van der Waals surface area contributed by atoms with Crippen molar-refractivity contribution < 1.29 is 9.90 Å². The van der Waals surface area contributed by atoms with Crippen molar-refractivity contribution >= 4 is 5.78 Å². The predicted octanol–water partition coefficient (Wildman–Crippen LogP) is 3.58. The number of Topliss-reactive ketones (excluding diaryl/α,β-unsaturated/α-hetero) is 1. The first kappa shape index (κ1) is 12.0. The lowest BCUT2D eigenvalue weighted by molar-refractivity contribution is 0.0831. The van der Waals surface area contributed by atoms with E-state index >= 15 is 0 Å². The Bertz CT molecular complexity index is 615. The van der Waals surface area contributed by atoms with Gasteiger partial charge in [-0.1, -0.05) is 31.4 Å². The van der Waals surface area contributed by atoms with Gasteiger partial charge in [-0.05, 0) is 48.1 Å². The van der Waals surface area contributed by atoms with Crippen LogP contribution in [0.4, 0.5) is 0 Å². The second kappa shape index (κ2) is 3.95. The zero-order valence-corrected chi connectivity index (χ0v) is 10.8. The number of benzene rings is 1. The van der Waals surface area contributed by atoms with E-state index in [0.29, 0.717) is 5.56 Å². The van der Waals surface area contributed by atoms with E-state index < -0.39 is 0 Å². The summed E-state index contributed by atoms with van der Waals surface area (Å²) < 4.78 is 0. The number of carbonyl (C=O) groups is 1. The molecule has 0 radical (unpaired) electrons. The number of phenolic OH excluding ortho intramolecular Hbond substituents is 1. The molecule has 0 heterocycles. The van der Waals surface area contributed by atoms with Crippen LogP contribution in [-0.4, -0.2) is 10.9 Å². The van der Waals surface area contributed by atoms with Gasteiger partial charge in [0.15, 0.2) is 5.78 Å². The fourth-order valence-electron chi connectivity index (χ4n) is 3.37. The molecule has 19 heavy (non-hydrogen) atoms. The van der Waals surface area contributed by atoms with E-state index in [0.717, 1.165) is 36.0 Å². The zero-order chi connectivity index (χ0) is 13.6. The van der Waals surface area contributed by atoms with E-state index in [1.54, 1.807) is 12.1 Å². The van der Waals surface area contributed by atoms with Crippen LogP contribution in [0.3, 0.4) is 0 Å². The van der Waals surface area contributed by atoms with Crippen molar-refractivity contribution in [3.8, 4) is 5.75 Å². The molecule has 0 atom stereocenters. The average molecular weight is 252 g/mol. The van der Waals surface area contributed by atoms with E-state index in [1.807, 2.05) is 18.2 Å². The smallest absolute Gasteiger partial charge is 0.170 e. The second-order valence-electron chi connectivity index (χ2n) is 5.44. The van der Waals surface area contributed by atoms with Gasteiger partial charge in [0.1, 0.15) is 5.75 Å². The molecule has 1 N–H and O–H groups in total. The van der Waals surface area contributed by atoms with E-state index in [-0.39, 0.29) is 16.9 Å². The molecule has 2 nitrogen and oxygen atoms in total. The SMILES string of the molecule is C=CC1=C(C=C)CC2(C1)Cc1ccc(O)cc1C2=O. The maximum absolute atomic E-state index is 12.7. The molecule has 0 amide bonds. The van der Waals surface area contributed by atoms with Crippen LogP contribution in [0.1, 0.15) is 28.8 Å². The normalized spacial score (nSPS) is 19.9. The lowest BCUT2D eigenvalue weighted by Crippen LogP contribution is -2.25. The quantitative estimate of drug-likeness (QED) is 0.873. The van der Waals surface area contributed by atoms with Crippen LogP contribution in [0.25, 0.3) is 0 Å². The maximum Gasteiger partial charge on any atom is 0.170 e. The van der Waals surface area contributed by atoms with Gasteiger partial charge in [-0.3, -0.25) is 4.79 Å². The summed E-state index contributed by atoms with van der Waals surface area (Å²) in [5.74, 6) is 0.303. The van der Waals surface area contributed by atoms with Crippen LogP contribution in [0.15, 0.2) is 54.7 Å². The number of allylic oxidation sites excluding steroid dienone is 4. The highest BCUT2D eigenvalue weighted by Gasteiger charge is 2.48. The predicted molar refractivity (Wildman–Crippen MR) is 75.2 cm³/mol. The lowest BCUT2D eigenvalue weighted by Gasteiger charge is -2.21. The van der Waals surface area contributed by atoms with Gasteiger partial charge in [0, 0.05) is 11.0 Å². The Labute approximate surface area is 112 Å². The van der Waals surface area contributed by atoms with Crippen LogP contribution in [0, 0.1) is 5.41 Å². The monoisotopic (exact) mass is 252 g/mol. The Balaban J connectivity index is 2.02. The van der Waals surface area contributed by atoms with Gasteiger partial charge in [-0.2, -0.15) is 0 Å². The topological polar surface area (TPSA) is 37.3 Å². The summed E-state index contributed by atoms with van der Waals surface area (Å²) in [6, 6.07) is 5.10. The van der Waals surface area contributed by atoms with Crippen molar-refractivity contribution in [2.45, 2.75) is 19.3 Å². The summed E-state index contributed by atoms with van der Waals surface area (Å²) in [5.41, 5.74) is 3.59. The third-order valence-corrected chi connectivity index (χ3v) is 4.31. The Morgan fingerprint density at radius 3 is 2.32 bits per heavy atom. The molecule has 3 rings (SSSR count). The third-order valence-electron chi connectivity index (χ3n) is 4.31. The van der Waals surface area contributed by atoms with E-state index in [1.165, 1.54) is 0 Å². The highest BCUT2D eigenvalue weighted by Crippen LogP contribution is 2.51. The standard InChI is InChI=1S/C17H16O2/c1-3-11-8-17(9-12(11)4-2)10-13-5-6-14(18)7-15(13)16(17)19/h3-7,18H,1-2,8-10H2. The van der Waals surface area contributed by atoms with Crippen molar-refractivity contribution in [3.63, 3.8) is 0 Å². The summed E-state index contributed by atoms with van der Waals surface area (Å²) in [7, 11) is 0. The Morgan fingerprint density at radius 2 is 1.74 bits per heavy atom. The second-order valence-corrected chi connectivity index (χ2v) is 5.44. The largest absolute Gasteiger partial charge is 0.508 e. The molecule has 0 aliphatic heterocycles. The summed E-state index contributed by atoms with van der Waals surface area (Å²) in [6.45, 7) is 7.65. The molecule has 0 saturated carbocycles. The van der Waals surface area contributed by atoms with Gasteiger partial charge < -0.3 is 5.11 Å². The molecule has 2 heteroatoms. The van der Waals surface area contributed by atoms with Gasteiger partial charge in [-0.25, -0.2) is 0 Å². The molecule has 96 valence electrons. The van der Waals surface area contributed by atoms with Gasteiger partial charge in [0.2, 0.25) is 0 Å². The van der Waals surface area contributed by atoms with Gasteiger partial charge in [-0.15, -0.1) is 0 Å². The van der Waals surface area contributed by atoms with E-state index in [9.17, 15) is 9.90 Å². The minimum atomic E-state index is -0.372. The molecule has 0 fully saturated rings. The molecule has 1 aromatic rings. The Hall–Kier alpha value is -2.09. The molecule has 1 aromatic carbocycles. The number of phenols is 1. The van der Waals surface area contributed by atoms with Crippen LogP contribution >= 0.6 is 0 Å². The summed E-state index contributed by atoms with van der Waals surface area (Å²) >= 11 is 0. The van der Waals surface area contributed by atoms with Crippen LogP contribution < -0.4 is 0 Å². The van der Waals surface area contributed by atoms with Gasteiger partial charge >= 0.3 is 0 Å². The van der Waals surface area contributed by atoms with Crippen molar-refractivity contribution in [3.05, 3.63) is 65.8 Å². The number of hydrogen-bond donors (Lipinski definition) is 1. The van der Waals surface area contributed by atoms with Crippen LogP contribution in [0.5, 0.6) is 5.75 Å². The first-order valence-electron chi connectivity index (χ1n) is 6.43. The van der Waals surface area contributed by atoms with E-state index in [2.05, 4.69) is 13.2 Å². The summed E-state index contributed by atoms with van der Waals surface area (Å²) in [4.78, 5) is 12.7. The Kier molecular flexibility index (Phi) is 2.49. The fraction of sp³-hybridized carbons (Fsp3) is 0.235. The van der Waals surface area contributed by atoms with Crippen molar-refractivity contribution in [1.29, 1.82) is 0 Å². The van der Waals surface area contributed by atoms with Crippen molar-refractivity contribution in [1.82, 2.24) is 0 Å². The van der Waals surface area contributed by atoms with Crippen LogP contribution in [0.2, 0.25) is 0 Å². The molecule has 1 spiro atoms. The van der Waals surface area contributed by atoms with Gasteiger partial charge in [0.25, 0.3) is 0 Å². The van der Waals surface area contributed by atoms with Gasteiger partial charge in [0.05, 0.1) is 0 Å². The molecule has 0 saturated heterocycles. The summed E-state index contributed by atoms with van der Waals surface area (Å²) in [6.07, 6.45) is 5.87. The van der Waals surface area contributed by atoms with Crippen molar-refractivity contribution in [2.24, 2.45) is 5.41 Å². The minimum absolute atomic E-state index is 0.148. The number of ketones is 1. The average Bonchev–Trinajstić information content (AvgIpc) is 2.90. The minimum Gasteiger partial charge on any atom is -0.508 e. The number of fused-ring (bicyclic) bond motifs is 1. The summed E-state index contributed by atoms with van der Waals surface area (Å²) in [5, 5.41) is 9.55. The maximum atomic E-state index is 12.7. The lowest BCUT2D eigenvalue weighted by atomic mass is 9.80. The highest BCUT2D eigenvalue weighted by atomic mass is 16.3. The first-order chi connectivity index (χ1) is 9.09. The third kappa shape index (κ3) is 1.60. The number of rotatable bonds is 2. The molecular formula is C17H16O2. The number of hydrogen-bond acceptors (Lipinski definition) is 2. The first-order valence-corrected chi connectivity index (χ1v) is 6.43. The Morgan fingerprint density at radius 1 is 1.11 bits per heavy atom. The highest BCUT2D eigenvalue weighted by molar-refractivity contribution is 6.06. The van der Waals surface area contributed by atoms with Crippen molar-refractivity contribution in [2.75, 3.05) is 0 Å². The van der Waals surface area contributed by atoms with E-state index in [4.69, 9.17) is 0 Å². The fourth-order valence-corrected chi connectivity index (χ4v) is 3.37. The number of aromatic hydroxyl groups is 1. The molecule has 2 aliphatic rings.